The Morgan fingerprint density at radius 2 is 2.05 bits per heavy atom. The zero-order chi connectivity index (χ0) is 14.9. The van der Waals surface area contributed by atoms with Crippen molar-refractivity contribution in [3.8, 4) is 0 Å². The highest BCUT2D eigenvalue weighted by molar-refractivity contribution is 9.10. The SMILES string of the molecule is CC(=O)N(C)C(C(=O)O)c1ccc(Br)c2cccnc12. The molecule has 6 heteroatoms. The van der Waals surface area contributed by atoms with Gasteiger partial charge in [0.25, 0.3) is 0 Å². The summed E-state index contributed by atoms with van der Waals surface area (Å²) in [5.74, 6) is -1.40. The normalized spacial score (nSPS) is 12.2. The van der Waals surface area contributed by atoms with Crippen LogP contribution in [0.4, 0.5) is 0 Å². The minimum atomic E-state index is -1.09. The number of carboxylic acids is 1. The molecule has 104 valence electrons. The van der Waals surface area contributed by atoms with Crippen molar-refractivity contribution >= 4 is 38.7 Å². The zero-order valence-electron chi connectivity index (χ0n) is 11.0. The van der Waals surface area contributed by atoms with E-state index in [1.807, 2.05) is 6.07 Å². The van der Waals surface area contributed by atoms with Crippen LogP contribution >= 0.6 is 15.9 Å². The second-order valence-electron chi connectivity index (χ2n) is 4.41. The standard InChI is InChI=1S/C14H13BrN2O3/c1-8(18)17(2)13(14(19)20)10-5-6-11(15)9-4-3-7-16-12(9)10/h3-7,13H,1-2H3,(H,19,20). The van der Waals surface area contributed by atoms with Crippen molar-refractivity contribution in [1.82, 2.24) is 9.88 Å². The van der Waals surface area contributed by atoms with Gasteiger partial charge in [0, 0.05) is 35.6 Å². The lowest BCUT2D eigenvalue weighted by atomic mass is 10.0. The van der Waals surface area contributed by atoms with Gasteiger partial charge >= 0.3 is 5.97 Å². The number of benzene rings is 1. The molecule has 0 fully saturated rings. The second kappa shape index (κ2) is 5.58. The number of halogens is 1. The molecule has 0 saturated heterocycles. The molecule has 1 amide bonds. The predicted octanol–water partition coefficient (Wildman–Crippen LogP) is 2.60. The predicted molar refractivity (Wildman–Crippen MR) is 78.3 cm³/mol. The fraction of sp³-hybridized carbons (Fsp3) is 0.214. The molecule has 2 rings (SSSR count). The molecule has 0 aliphatic heterocycles. The number of likely N-dealkylation sites (N-methyl/N-ethyl adjacent to an activating group) is 1. The Kier molecular flexibility index (Phi) is 4.04. The average Bonchev–Trinajstić information content (AvgIpc) is 2.41. The maximum atomic E-state index is 11.5. The molecular formula is C14H13BrN2O3. The molecule has 0 spiro atoms. The molecule has 0 bridgehead atoms. The number of rotatable bonds is 3. The summed E-state index contributed by atoms with van der Waals surface area (Å²) in [4.78, 5) is 28.5. The molecule has 5 nitrogen and oxygen atoms in total. The molecule has 0 saturated carbocycles. The first kappa shape index (κ1) is 14.5. The molecule has 1 aromatic heterocycles. The Balaban J connectivity index is 2.69. The van der Waals surface area contributed by atoms with E-state index in [0.717, 1.165) is 9.86 Å². The van der Waals surface area contributed by atoms with E-state index in [0.29, 0.717) is 11.1 Å². The van der Waals surface area contributed by atoms with Crippen molar-refractivity contribution in [2.24, 2.45) is 0 Å². The van der Waals surface area contributed by atoms with Gasteiger partial charge in [-0.15, -0.1) is 0 Å². The first-order valence-electron chi connectivity index (χ1n) is 5.93. The van der Waals surface area contributed by atoms with E-state index in [-0.39, 0.29) is 5.91 Å². The van der Waals surface area contributed by atoms with E-state index in [1.54, 1.807) is 24.4 Å². The maximum absolute atomic E-state index is 11.5. The first-order chi connectivity index (χ1) is 9.43. The van der Waals surface area contributed by atoms with Crippen molar-refractivity contribution in [2.75, 3.05) is 7.05 Å². The number of carbonyl (C=O) groups excluding carboxylic acids is 1. The van der Waals surface area contributed by atoms with Crippen LogP contribution < -0.4 is 0 Å². The molecule has 1 aromatic carbocycles. The largest absolute Gasteiger partial charge is 0.479 e. The van der Waals surface area contributed by atoms with Crippen LogP contribution in [0.1, 0.15) is 18.5 Å². The summed E-state index contributed by atoms with van der Waals surface area (Å²) < 4.78 is 0.832. The van der Waals surface area contributed by atoms with Crippen LogP contribution in [0.3, 0.4) is 0 Å². The van der Waals surface area contributed by atoms with E-state index in [2.05, 4.69) is 20.9 Å². The zero-order valence-corrected chi connectivity index (χ0v) is 12.6. The number of aliphatic carboxylic acids is 1. The summed E-state index contributed by atoms with van der Waals surface area (Å²) in [5.41, 5.74) is 1.07. The van der Waals surface area contributed by atoms with Gasteiger partial charge in [0.05, 0.1) is 5.52 Å². The van der Waals surface area contributed by atoms with Crippen molar-refractivity contribution in [2.45, 2.75) is 13.0 Å². The van der Waals surface area contributed by atoms with Crippen LogP contribution in [-0.4, -0.2) is 33.9 Å². The summed E-state index contributed by atoms with van der Waals surface area (Å²) in [5, 5.41) is 10.3. The fourth-order valence-corrected chi connectivity index (χ4v) is 2.52. The van der Waals surface area contributed by atoms with Crippen LogP contribution in [0.2, 0.25) is 0 Å². The van der Waals surface area contributed by atoms with Gasteiger partial charge in [-0.25, -0.2) is 4.79 Å². The van der Waals surface area contributed by atoms with E-state index in [4.69, 9.17) is 0 Å². The number of pyridine rings is 1. The summed E-state index contributed by atoms with van der Waals surface area (Å²) >= 11 is 3.42. The van der Waals surface area contributed by atoms with Crippen LogP contribution in [0.5, 0.6) is 0 Å². The van der Waals surface area contributed by atoms with E-state index in [1.165, 1.54) is 18.9 Å². The van der Waals surface area contributed by atoms with Gasteiger partial charge in [0.1, 0.15) is 0 Å². The van der Waals surface area contributed by atoms with Gasteiger partial charge in [-0.1, -0.05) is 28.1 Å². The third kappa shape index (κ3) is 2.51. The Hall–Kier alpha value is -1.95. The number of carbonyl (C=O) groups is 2. The van der Waals surface area contributed by atoms with Crippen molar-refractivity contribution in [3.63, 3.8) is 0 Å². The first-order valence-corrected chi connectivity index (χ1v) is 6.72. The minimum Gasteiger partial charge on any atom is -0.479 e. The van der Waals surface area contributed by atoms with Crippen molar-refractivity contribution in [3.05, 3.63) is 40.5 Å². The molecule has 0 aliphatic carbocycles. The Morgan fingerprint density at radius 3 is 2.65 bits per heavy atom. The van der Waals surface area contributed by atoms with Crippen LogP contribution in [-0.2, 0) is 9.59 Å². The number of hydrogen-bond acceptors (Lipinski definition) is 3. The smallest absolute Gasteiger partial charge is 0.331 e. The lowest BCUT2D eigenvalue weighted by Gasteiger charge is -2.24. The number of amides is 1. The summed E-state index contributed by atoms with van der Waals surface area (Å²) in [7, 11) is 1.47. The molecule has 1 N–H and O–H groups in total. The topological polar surface area (TPSA) is 70.5 Å². The van der Waals surface area contributed by atoms with Gasteiger partial charge in [-0.3, -0.25) is 9.78 Å². The molecule has 1 unspecified atom stereocenters. The minimum absolute atomic E-state index is 0.315. The van der Waals surface area contributed by atoms with E-state index in [9.17, 15) is 14.7 Å². The highest BCUT2D eigenvalue weighted by Crippen LogP contribution is 2.31. The summed E-state index contributed by atoms with van der Waals surface area (Å²) in [6.45, 7) is 1.34. The average molecular weight is 337 g/mol. The lowest BCUT2D eigenvalue weighted by Crippen LogP contribution is -2.34. The van der Waals surface area contributed by atoms with Gasteiger partial charge < -0.3 is 10.0 Å². The molecule has 20 heavy (non-hydrogen) atoms. The maximum Gasteiger partial charge on any atom is 0.331 e. The Bertz CT molecular complexity index is 687. The third-order valence-corrected chi connectivity index (χ3v) is 3.85. The monoisotopic (exact) mass is 336 g/mol. The number of carboxylic acid groups (broad SMARTS) is 1. The van der Waals surface area contributed by atoms with Crippen molar-refractivity contribution in [1.29, 1.82) is 0 Å². The number of nitrogens with zero attached hydrogens (tertiary/aromatic N) is 2. The quantitative estimate of drug-likeness (QED) is 0.935. The third-order valence-electron chi connectivity index (χ3n) is 3.16. The van der Waals surface area contributed by atoms with Gasteiger partial charge in [0.2, 0.25) is 5.91 Å². The van der Waals surface area contributed by atoms with E-state index >= 15 is 0 Å². The summed E-state index contributed by atoms with van der Waals surface area (Å²) in [6, 6.07) is 6.02. The fourth-order valence-electron chi connectivity index (χ4n) is 2.07. The highest BCUT2D eigenvalue weighted by atomic mass is 79.9. The van der Waals surface area contributed by atoms with Crippen molar-refractivity contribution < 1.29 is 14.7 Å². The van der Waals surface area contributed by atoms with Gasteiger partial charge in [0.15, 0.2) is 6.04 Å². The second-order valence-corrected chi connectivity index (χ2v) is 5.26. The molecule has 0 aliphatic rings. The number of aromatic nitrogens is 1. The van der Waals surface area contributed by atoms with E-state index < -0.39 is 12.0 Å². The molecule has 1 heterocycles. The molecular weight excluding hydrogens is 324 g/mol. The van der Waals surface area contributed by atoms with Gasteiger partial charge in [-0.05, 0) is 12.1 Å². The molecule has 2 aromatic rings. The lowest BCUT2D eigenvalue weighted by molar-refractivity contribution is -0.148. The molecule has 0 radical (unpaired) electrons. The van der Waals surface area contributed by atoms with Crippen LogP contribution in [0, 0.1) is 0 Å². The van der Waals surface area contributed by atoms with Gasteiger partial charge in [-0.2, -0.15) is 0 Å². The summed E-state index contributed by atoms with van der Waals surface area (Å²) in [6.07, 6.45) is 1.60. The van der Waals surface area contributed by atoms with Crippen LogP contribution in [0.15, 0.2) is 34.9 Å². The Morgan fingerprint density at radius 1 is 1.35 bits per heavy atom. The number of fused-ring (bicyclic) bond motifs is 1. The molecule has 1 atom stereocenters. The highest BCUT2D eigenvalue weighted by Gasteiger charge is 2.28. The van der Waals surface area contributed by atoms with Crippen LogP contribution in [0.25, 0.3) is 10.9 Å². The Labute approximate surface area is 124 Å². The number of hydrogen-bond donors (Lipinski definition) is 1.